The summed E-state index contributed by atoms with van der Waals surface area (Å²) in [6.07, 6.45) is 5.38. The van der Waals surface area contributed by atoms with Gasteiger partial charge in [-0.1, -0.05) is 0 Å². The zero-order chi connectivity index (χ0) is 11.0. The SMILES string of the molecule is Fc1ccc(-c2cnc3n2CCCC3)cc1. The number of fused-ring (bicyclic) bond motifs is 1. The molecule has 3 heteroatoms. The highest BCUT2D eigenvalue weighted by Crippen LogP contribution is 2.24. The third-order valence-corrected chi connectivity index (χ3v) is 3.11. The van der Waals surface area contributed by atoms with E-state index in [0.29, 0.717) is 0 Å². The smallest absolute Gasteiger partial charge is 0.123 e. The molecule has 0 fully saturated rings. The molecule has 2 nitrogen and oxygen atoms in total. The van der Waals surface area contributed by atoms with Crippen molar-refractivity contribution in [1.29, 1.82) is 0 Å². The van der Waals surface area contributed by atoms with Crippen molar-refractivity contribution < 1.29 is 4.39 Å². The topological polar surface area (TPSA) is 17.8 Å². The van der Waals surface area contributed by atoms with Gasteiger partial charge in [0.15, 0.2) is 0 Å². The summed E-state index contributed by atoms with van der Waals surface area (Å²) >= 11 is 0. The van der Waals surface area contributed by atoms with Gasteiger partial charge in [0.2, 0.25) is 0 Å². The van der Waals surface area contributed by atoms with Crippen LogP contribution in [0.5, 0.6) is 0 Å². The Balaban J connectivity index is 2.06. The van der Waals surface area contributed by atoms with Gasteiger partial charge in [0.1, 0.15) is 11.6 Å². The van der Waals surface area contributed by atoms with Gasteiger partial charge < -0.3 is 4.57 Å². The van der Waals surface area contributed by atoms with Gasteiger partial charge in [-0.15, -0.1) is 0 Å². The Morgan fingerprint density at radius 2 is 1.94 bits per heavy atom. The fourth-order valence-corrected chi connectivity index (χ4v) is 2.27. The van der Waals surface area contributed by atoms with Crippen molar-refractivity contribution in [1.82, 2.24) is 9.55 Å². The summed E-state index contributed by atoms with van der Waals surface area (Å²) in [4.78, 5) is 4.42. The predicted octanol–water partition coefficient (Wildman–Crippen LogP) is 3.03. The average molecular weight is 216 g/mol. The highest BCUT2D eigenvalue weighted by atomic mass is 19.1. The molecule has 82 valence electrons. The Bertz CT molecular complexity index is 499. The molecule has 1 aliphatic rings. The second kappa shape index (κ2) is 3.74. The van der Waals surface area contributed by atoms with Gasteiger partial charge in [-0.2, -0.15) is 0 Å². The van der Waals surface area contributed by atoms with Crippen LogP contribution in [0.1, 0.15) is 18.7 Å². The van der Waals surface area contributed by atoms with Crippen LogP contribution in [0, 0.1) is 5.82 Å². The van der Waals surface area contributed by atoms with Crippen LogP contribution in [-0.2, 0) is 13.0 Å². The zero-order valence-electron chi connectivity index (χ0n) is 8.99. The van der Waals surface area contributed by atoms with Gasteiger partial charge in [-0.3, -0.25) is 0 Å². The molecule has 0 saturated carbocycles. The van der Waals surface area contributed by atoms with Crippen LogP contribution < -0.4 is 0 Å². The fourth-order valence-electron chi connectivity index (χ4n) is 2.27. The number of nitrogens with zero attached hydrogens (tertiary/aromatic N) is 2. The monoisotopic (exact) mass is 216 g/mol. The van der Waals surface area contributed by atoms with E-state index in [0.717, 1.165) is 30.0 Å². The van der Waals surface area contributed by atoms with Crippen molar-refractivity contribution in [2.45, 2.75) is 25.8 Å². The second-order valence-corrected chi connectivity index (χ2v) is 4.18. The van der Waals surface area contributed by atoms with Crippen molar-refractivity contribution in [3.63, 3.8) is 0 Å². The van der Waals surface area contributed by atoms with Crippen LogP contribution in [0.15, 0.2) is 30.5 Å². The van der Waals surface area contributed by atoms with E-state index < -0.39 is 0 Å². The van der Waals surface area contributed by atoms with Crippen LogP contribution in [0.4, 0.5) is 4.39 Å². The standard InChI is InChI=1S/C13H13FN2/c14-11-6-4-10(5-7-11)12-9-15-13-3-1-2-8-16(12)13/h4-7,9H,1-3,8H2. The molecule has 0 aliphatic carbocycles. The first-order valence-corrected chi connectivity index (χ1v) is 5.65. The molecule has 0 saturated heterocycles. The van der Waals surface area contributed by atoms with Crippen molar-refractivity contribution in [2.75, 3.05) is 0 Å². The molecule has 1 aromatic heterocycles. The van der Waals surface area contributed by atoms with Crippen molar-refractivity contribution in [2.24, 2.45) is 0 Å². The molecular weight excluding hydrogens is 203 g/mol. The van der Waals surface area contributed by atoms with E-state index in [9.17, 15) is 4.39 Å². The number of hydrogen-bond acceptors (Lipinski definition) is 1. The van der Waals surface area contributed by atoms with Crippen molar-refractivity contribution >= 4 is 0 Å². The predicted molar refractivity (Wildman–Crippen MR) is 60.6 cm³/mol. The molecule has 1 aliphatic heterocycles. The molecule has 3 rings (SSSR count). The van der Waals surface area contributed by atoms with Gasteiger partial charge in [0, 0.05) is 13.0 Å². The second-order valence-electron chi connectivity index (χ2n) is 4.18. The van der Waals surface area contributed by atoms with Gasteiger partial charge in [0.05, 0.1) is 11.9 Å². The molecule has 0 bridgehead atoms. The summed E-state index contributed by atoms with van der Waals surface area (Å²) < 4.78 is 15.1. The van der Waals surface area contributed by atoms with E-state index in [1.165, 1.54) is 25.0 Å². The maximum absolute atomic E-state index is 12.8. The third kappa shape index (κ3) is 1.52. The minimum Gasteiger partial charge on any atom is -0.328 e. The third-order valence-electron chi connectivity index (χ3n) is 3.11. The molecule has 0 radical (unpaired) electrons. The first-order chi connectivity index (χ1) is 7.84. The van der Waals surface area contributed by atoms with E-state index in [2.05, 4.69) is 9.55 Å². The van der Waals surface area contributed by atoms with E-state index >= 15 is 0 Å². The molecule has 16 heavy (non-hydrogen) atoms. The Morgan fingerprint density at radius 3 is 2.75 bits per heavy atom. The molecule has 2 heterocycles. The normalized spacial score (nSPS) is 14.8. The summed E-state index contributed by atoms with van der Waals surface area (Å²) in [6.45, 7) is 1.03. The van der Waals surface area contributed by atoms with Gasteiger partial charge in [-0.25, -0.2) is 9.37 Å². The van der Waals surface area contributed by atoms with E-state index in [1.807, 2.05) is 18.3 Å². The largest absolute Gasteiger partial charge is 0.328 e. The van der Waals surface area contributed by atoms with Gasteiger partial charge in [-0.05, 0) is 42.7 Å². The number of rotatable bonds is 1. The Kier molecular flexibility index (Phi) is 2.24. The lowest BCUT2D eigenvalue weighted by molar-refractivity contribution is 0.526. The average Bonchev–Trinajstić information content (AvgIpc) is 2.74. The minimum absolute atomic E-state index is 0.192. The Morgan fingerprint density at radius 1 is 1.12 bits per heavy atom. The van der Waals surface area contributed by atoms with E-state index in [4.69, 9.17) is 0 Å². The molecule has 0 amide bonds. The fraction of sp³-hybridized carbons (Fsp3) is 0.308. The molecule has 0 spiro atoms. The summed E-state index contributed by atoms with van der Waals surface area (Å²) in [5.74, 6) is 0.965. The summed E-state index contributed by atoms with van der Waals surface area (Å²) in [5, 5.41) is 0. The summed E-state index contributed by atoms with van der Waals surface area (Å²) in [5.41, 5.74) is 2.15. The number of imidazole rings is 1. The lowest BCUT2D eigenvalue weighted by Crippen LogP contribution is -2.11. The quantitative estimate of drug-likeness (QED) is 0.716. The maximum Gasteiger partial charge on any atom is 0.123 e. The highest BCUT2D eigenvalue weighted by molar-refractivity contribution is 5.59. The molecule has 0 N–H and O–H groups in total. The minimum atomic E-state index is -0.192. The van der Waals surface area contributed by atoms with Crippen LogP contribution in [0.25, 0.3) is 11.3 Å². The van der Waals surface area contributed by atoms with E-state index in [-0.39, 0.29) is 5.82 Å². The molecule has 0 unspecified atom stereocenters. The first kappa shape index (κ1) is 9.58. The summed E-state index contributed by atoms with van der Waals surface area (Å²) in [6, 6.07) is 6.62. The number of benzene rings is 1. The van der Waals surface area contributed by atoms with Crippen molar-refractivity contribution in [3.05, 3.63) is 42.1 Å². The molecule has 1 aromatic carbocycles. The van der Waals surface area contributed by atoms with Crippen molar-refractivity contribution in [3.8, 4) is 11.3 Å². The molecule has 2 aromatic rings. The van der Waals surface area contributed by atoms with Crippen LogP contribution in [0.2, 0.25) is 0 Å². The van der Waals surface area contributed by atoms with Crippen LogP contribution in [-0.4, -0.2) is 9.55 Å². The first-order valence-electron chi connectivity index (χ1n) is 5.65. The summed E-state index contributed by atoms with van der Waals surface area (Å²) in [7, 11) is 0. The molecule has 0 atom stereocenters. The molecular formula is C13H13FN2. The Labute approximate surface area is 93.7 Å². The van der Waals surface area contributed by atoms with Crippen LogP contribution >= 0.6 is 0 Å². The van der Waals surface area contributed by atoms with Gasteiger partial charge >= 0.3 is 0 Å². The van der Waals surface area contributed by atoms with E-state index in [1.54, 1.807) is 0 Å². The number of hydrogen-bond donors (Lipinski definition) is 0. The zero-order valence-corrected chi connectivity index (χ0v) is 8.99. The number of halogens is 1. The van der Waals surface area contributed by atoms with Crippen LogP contribution in [0.3, 0.4) is 0 Å². The maximum atomic E-state index is 12.8. The number of aryl methyl sites for hydroxylation is 1. The lowest BCUT2D eigenvalue weighted by Gasteiger charge is -2.16. The van der Waals surface area contributed by atoms with Gasteiger partial charge in [0.25, 0.3) is 0 Å². The highest BCUT2D eigenvalue weighted by Gasteiger charge is 2.14. The lowest BCUT2D eigenvalue weighted by atomic mass is 10.1. The number of aromatic nitrogens is 2. The Hall–Kier alpha value is -1.64.